The lowest BCUT2D eigenvalue weighted by Crippen LogP contribution is -2.40. The molecule has 1 aromatic carbocycles. The van der Waals surface area contributed by atoms with E-state index in [-0.39, 0.29) is 18.7 Å². The van der Waals surface area contributed by atoms with Gasteiger partial charge in [-0.2, -0.15) is 0 Å². The molecule has 2 aromatic heterocycles. The van der Waals surface area contributed by atoms with Crippen molar-refractivity contribution in [1.29, 1.82) is 0 Å². The van der Waals surface area contributed by atoms with Gasteiger partial charge in [0.1, 0.15) is 0 Å². The van der Waals surface area contributed by atoms with E-state index < -0.39 is 5.69 Å². The number of carbonyl (C=O) groups is 1. The summed E-state index contributed by atoms with van der Waals surface area (Å²) in [6.45, 7) is 4.90. The molecule has 7 nitrogen and oxygen atoms in total. The summed E-state index contributed by atoms with van der Waals surface area (Å²) in [5.74, 6) is 0.428. The molecule has 0 unspecified atom stereocenters. The second-order valence-electron chi connectivity index (χ2n) is 7.91. The molecule has 0 aliphatic heterocycles. The van der Waals surface area contributed by atoms with E-state index in [0.29, 0.717) is 46.9 Å². The minimum absolute atomic E-state index is 0.140. The van der Waals surface area contributed by atoms with Crippen molar-refractivity contribution in [1.82, 2.24) is 14.1 Å². The van der Waals surface area contributed by atoms with Crippen LogP contribution in [-0.4, -0.2) is 27.2 Å². The van der Waals surface area contributed by atoms with E-state index in [0.717, 1.165) is 17.5 Å². The second kappa shape index (κ2) is 9.92. The number of benzene rings is 1. The number of halogens is 1. The van der Waals surface area contributed by atoms with Crippen LogP contribution in [0.15, 0.2) is 40.1 Å². The van der Waals surface area contributed by atoms with Crippen molar-refractivity contribution in [2.45, 2.75) is 39.7 Å². The third-order valence-electron chi connectivity index (χ3n) is 5.28. The molecule has 0 aliphatic rings. The molecule has 0 saturated heterocycles. The molecule has 8 heteroatoms. The molecule has 0 atom stereocenters. The van der Waals surface area contributed by atoms with E-state index in [9.17, 15) is 14.4 Å². The van der Waals surface area contributed by atoms with Crippen molar-refractivity contribution in [2.24, 2.45) is 13.0 Å². The highest BCUT2D eigenvalue weighted by molar-refractivity contribution is 6.30. The van der Waals surface area contributed by atoms with Gasteiger partial charge in [-0.25, -0.2) is 4.79 Å². The highest BCUT2D eigenvalue weighted by Gasteiger charge is 2.19. The fourth-order valence-electron chi connectivity index (χ4n) is 3.65. The first-order valence-electron chi connectivity index (χ1n) is 10.3. The average molecular weight is 444 g/mol. The van der Waals surface area contributed by atoms with E-state index in [4.69, 9.17) is 16.3 Å². The summed E-state index contributed by atoms with van der Waals surface area (Å²) < 4.78 is 7.36. The number of carbonyl (C=O) groups excluding carboxylic acids is 1. The number of pyridine rings is 1. The van der Waals surface area contributed by atoms with Crippen molar-refractivity contribution >= 4 is 29.0 Å². The number of aryl methyl sites for hydroxylation is 2. The van der Waals surface area contributed by atoms with E-state index in [2.05, 4.69) is 18.8 Å². The van der Waals surface area contributed by atoms with Crippen LogP contribution in [0, 0.1) is 5.92 Å². The molecule has 0 bridgehead atoms. The summed E-state index contributed by atoms with van der Waals surface area (Å²) in [5, 5.41) is 1.08. The fourth-order valence-corrected chi connectivity index (χ4v) is 3.84. The van der Waals surface area contributed by atoms with Crippen molar-refractivity contribution in [3.05, 3.63) is 61.9 Å². The third-order valence-corrected chi connectivity index (χ3v) is 5.51. The third kappa shape index (κ3) is 4.88. The van der Waals surface area contributed by atoms with Crippen LogP contribution in [-0.2, 0) is 29.5 Å². The van der Waals surface area contributed by atoms with Gasteiger partial charge in [0.15, 0.2) is 0 Å². The average Bonchev–Trinajstić information content (AvgIpc) is 2.75. The first-order chi connectivity index (χ1) is 14.8. The van der Waals surface area contributed by atoms with Crippen molar-refractivity contribution in [3.8, 4) is 11.3 Å². The minimum Gasteiger partial charge on any atom is -0.468 e. The van der Waals surface area contributed by atoms with Crippen molar-refractivity contribution < 1.29 is 9.53 Å². The van der Waals surface area contributed by atoms with E-state index in [1.165, 1.54) is 9.13 Å². The minimum atomic E-state index is -0.421. The number of hydrogen-bond acceptors (Lipinski definition) is 5. The first-order valence-corrected chi connectivity index (χ1v) is 10.7. The molecule has 3 aromatic rings. The maximum Gasteiger partial charge on any atom is 0.331 e. The van der Waals surface area contributed by atoms with Crippen LogP contribution in [0.1, 0.15) is 32.3 Å². The van der Waals surface area contributed by atoms with Gasteiger partial charge in [0.25, 0.3) is 12.0 Å². The van der Waals surface area contributed by atoms with Gasteiger partial charge in [-0.05, 0) is 42.9 Å². The lowest BCUT2D eigenvalue weighted by atomic mass is 9.95. The molecule has 0 spiro atoms. The van der Waals surface area contributed by atoms with Crippen LogP contribution in [0.4, 0.5) is 0 Å². The Morgan fingerprint density at radius 2 is 2.03 bits per heavy atom. The summed E-state index contributed by atoms with van der Waals surface area (Å²) >= 11 is 6.20. The first kappa shape index (κ1) is 22.7. The maximum absolute atomic E-state index is 13.5. The number of hydrogen-bond donors (Lipinski definition) is 0. The molecule has 0 amide bonds. The number of aromatic nitrogens is 3. The van der Waals surface area contributed by atoms with Crippen LogP contribution in [0.2, 0.25) is 5.02 Å². The lowest BCUT2D eigenvalue weighted by molar-refractivity contribution is -0.128. The van der Waals surface area contributed by atoms with Crippen LogP contribution in [0.3, 0.4) is 0 Å². The van der Waals surface area contributed by atoms with Gasteiger partial charge >= 0.3 is 5.69 Å². The molecule has 0 aliphatic carbocycles. The van der Waals surface area contributed by atoms with Gasteiger partial charge in [0.2, 0.25) is 0 Å². The lowest BCUT2D eigenvalue weighted by Gasteiger charge is -2.17. The Bertz CT molecular complexity index is 1210. The molecule has 0 N–H and O–H groups in total. The fraction of sp³-hybridized carbons (Fsp3) is 0.391. The van der Waals surface area contributed by atoms with Gasteiger partial charge in [-0.3, -0.25) is 23.7 Å². The standard InChI is InChI=1S/C23H26ClN3O4/c1-15(2)8-9-18-20-19(13-25-21(18)16-6-4-7-17(24)12-16)26(3)23(30)27(22(20)29)10-5-11-31-14-28/h4,6-7,12-15H,5,8-11H2,1-3H3. The van der Waals surface area contributed by atoms with E-state index >= 15 is 0 Å². The Morgan fingerprint density at radius 1 is 1.26 bits per heavy atom. The largest absolute Gasteiger partial charge is 0.468 e. The molecule has 31 heavy (non-hydrogen) atoms. The SMILES string of the molecule is CC(C)CCc1c(-c2cccc(Cl)c2)ncc2c1c(=O)n(CCCOC=O)c(=O)n2C. The number of fused-ring (bicyclic) bond motifs is 1. The van der Waals surface area contributed by atoms with Crippen molar-refractivity contribution in [2.75, 3.05) is 6.61 Å². The predicted octanol–water partition coefficient (Wildman–Crippen LogP) is 3.57. The topological polar surface area (TPSA) is 83.2 Å². The summed E-state index contributed by atoms with van der Waals surface area (Å²) in [7, 11) is 1.63. The smallest absolute Gasteiger partial charge is 0.331 e. The zero-order valence-corrected chi connectivity index (χ0v) is 18.7. The molecular weight excluding hydrogens is 418 g/mol. The van der Waals surface area contributed by atoms with Crippen LogP contribution in [0.25, 0.3) is 22.2 Å². The monoisotopic (exact) mass is 443 g/mol. The molecule has 3 rings (SSSR count). The van der Waals surface area contributed by atoms with Gasteiger partial charge in [0.05, 0.1) is 29.4 Å². The van der Waals surface area contributed by atoms with Crippen LogP contribution >= 0.6 is 11.6 Å². The summed E-state index contributed by atoms with van der Waals surface area (Å²) in [6, 6.07) is 7.38. The van der Waals surface area contributed by atoms with E-state index in [1.54, 1.807) is 19.3 Å². The summed E-state index contributed by atoms with van der Waals surface area (Å²) in [5.41, 5.74) is 2.06. The molecule has 0 saturated carbocycles. The van der Waals surface area contributed by atoms with Crippen molar-refractivity contribution in [3.63, 3.8) is 0 Å². The quantitative estimate of drug-likeness (QED) is 0.373. The summed E-state index contributed by atoms with van der Waals surface area (Å²) in [6.07, 6.45) is 3.45. The Balaban J connectivity index is 2.27. The number of ether oxygens (including phenoxy) is 1. The number of rotatable bonds is 9. The molecule has 2 heterocycles. The van der Waals surface area contributed by atoms with Crippen LogP contribution < -0.4 is 11.2 Å². The predicted molar refractivity (Wildman–Crippen MR) is 121 cm³/mol. The van der Waals surface area contributed by atoms with Crippen LogP contribution in [0.5, 0.6) is 0 Å². The normalized spacial score (nSPS) is 11.3. The highest BCUT2D eigenvalue weighted by Crippen LogP contribution is 2.29. The molecule has 164 valence electrons. The Kier molecular flexibility index (Phi) is 7.28. The van der Waals surface area contributed by atoms with Gasteiger partial charge in [0, 0.05) is 24.2 Å². The maximum atomic E-state index is 13.5. The van der Waals surface area contributed by atoms with Gasteiger partial charge in [-0.1, -0.05) is 37.6 Å². The Morgan fingerprint density at radius 3 is 2.71 bits per heavy atom. The zero-order chi connectivity index (χ0) is 22.5. The number of nitrogens with zero attached hydrogens (tertiary/aromatic N) is 3. The van der Waals surface area contributed by atoms with E-state index in [1.807, 2.05) is 18.2 Å². The Labute approximate surface area is 185 Å². The molecular formula is C23H26ClN3O4. The summed E-state index contributed by atoms with van der Waals surface area (Å²) in [4.78, 5) is 41.3. The second-order valence-corrected chi connectivity index (χ2v) is 8.34. The Hall–Kier alpha value is -2.93. The molecule has 0 fully saturated rings. The highest BCUT2D eigenvalue weighted by atomic mass is 35.5. The van der Waals surface area contributed by atoms with Gasteiger partial charge in [-0.15, -0.1) is 0 Å². The molecule has 0 radical (unpaired) electrons. The van der Waals surface area contributed by atoms with Gasteiger partial charge < -0.3 is 4.74 Å². The zero-order valence-electron chi connectivity index (χ0n) is 17.9.